The molecular weight excluding hydrogens is 252 g/mol. The Hall–Kier alpha value is -0.0900. The predicted molar refractivity (Wildman–Crippen MR) is 78.0 cm³/mol. The lowest BCUT2D eigenvalue weighted by molar-refractivity contribution is 0.223. The van der Waals surface area contributed by atoms with Crippen LogP contribution in [0.1, 0.15) is 31.6 Å². The lowest BCUT2D eigenvalue weighted by Crippen LogP contribution is -2.39. The third-order valence-corrected chi connectivity index (χ3v) is 4.15. The minimum absolute atomic E-state index is 0.599. The van der Waals surface area contributed by atoms with E-state index in [1.807, 2.05) is 6.07 Å². The SMILES string of the molecule is CCCNCC(CC)N(C)Cc1ccc(Cl)s1. The van der Waals surface area contributed by atoms with Crippen LogP contribution in [0.4, 0.5) is 0 Å². The summed E-state index contributed by atoms with van der Waals surface area (Å²) in [5, 5.41) is 3.49. The van der Waals surface area contributed by atoms with Gasteiger partial charge < -0.3 is 5.32 Å². The molecule has 1 heterocycles. The molecule has 17 heavy (non-hydrogen) atoms. The largest absolute Gasteiger partial charge is 0.315 e. The van der Waals surface area contributed by atoms with Gasteiger partial charge in [0.1, 0.15) is 0 Å². The average Bonchev–Trinajstić information content (AvgIpc) is 2.70. The molecule has 0 aromatic carbocycles. The average molecular weight is 275 g/mol. The van der Waals surface area contributed by atoms with Crippen LogP contribution in [0.3, 0.4) is 0 Å². The highest BCUT2D eigenvalue weighted by atomic mass is 35.5. The van der Waals surface area contributed by atoms with Crippen molar-refractivity contribution in [3.8, 4) is 0 Å². The predicted octanol–water partition coefficient (Wildman–Crippen LogP) is 3.61. The lowest BCUT2D eigenvalue weighted by atomic mass is 10.2. The number of hydrogen-bond acceptors (Lipinski definition) is 3. The molecule has 0 bridgehead atoms. The quantitative estimate of drug-likeness (QED) is 0.729. The molecule has 1 aromatic heterocycles. The molecule has 0 radical (unpaired) electrons. The van der Waals surface area contributed by atoms with E-state index >= 15 is 0 Å². The van der Waals surface area contributed by atoms with Gasteiger partial charge in [-0.3, -0.25) is 4.90 Å². The summed E-state index contributed by atoms with van der Waals surface area (Å²) in [6.45, 7) is 7.61. The third kappa shape index (κ3) is 5.38. The van der Waals surface area contributed by atoms with Gasteiger partial charge in [0.25, 0.3) is 0 Å². The summed E-state index contributed by atoms with van der Waals surface area (Å²) in [7, 11) is 2.19. The molecular formula is C13H23ClN2S. The Morgan fingerprint density at radius 2 is 2.18 bits per heavy atom. The molecule has 1 atom stereocenters. The van der Waals surface area contributed by atoms with Gasteiger partial charge in [-0.05, 0) is 38.6 Å². The van der Waals surface area contributed by atoms with E-state index < -0.39 is 0 Å². The minimum atomic E-state index is 0.599. The summed E-state index contributed by atoms with van der Waals surface area (Å²) in [6, 6.07) is 4.70. The van der Waals surface area contributed by atoms with Gasteiger partial charge in [0.05, 0.1) is 4.34 Å². The van der Waals surface area contributed by atoms with E-state index in [0.29, 0.717) is 6.04 Å². The van der Waals surface area contributed by atoms with Crippen molar-refractivity contribution in [3.05, 3.63) is 21.3 Å². The molecule has 0 aliphatic carbocycles. The molecule has 0 aliphatic rings. The van der Waals surface area contributed by atoms with Gasteiger partial charge in [-0.2, -0.15) is 0 Å². The van der Waals surface area contributed by atoms with Crippen molar-refractivity contribution >= 4 is 22.9 Å². The van der Waals surface area contributed by atoms with Crippen molar-refractivity contribution in [3.63, 3.8) is 0 Å². The van der Waals surface area contributed by atoms with E-state index in [0.717, 1.165) is 24.0 Å². The van der Waals surface area contributed by atoms with E-state index in [4.69, 9.17) is 11.6 Å². The van der Waals surface area contributed by atoms with E-state index in [1.54, 1.807) is 11.3 Å². The Labute approximate surface area is 114 Å². The van der Waals surface area contributed by atoms with E-state index in [9.17, 15) is 0 Å². The molecule has 2 nitrogen and oxygen atoms in total. The fraction of sp³-hybridized carbons (Fsp3) is 0.692. The van der Waals surface area contributed by atoms with Crippen molar-refractivity contribution < 1.29 is 0 Å². The molecule has 4 heteroatoms. The van der Waals surface area contributed by atoms with Crippen LogP contribution < -0.4 is 5.32 Å². The fourth-order valence-electron chi connectivity index (χ4n) is 1.87. The summed E-state index contributed by atoms with van der Waals surface area (Å²) in [6.07, 6.45) is 2.37. The molecule has 0 saturated carbocycles. The number of hydrogen-bond donors (Lipinski definition) is 1. The summed E-state index contributed by atoms with van der Waals surface area (Å²) >= 11 is 7.62. The Balaban J connectivity index is 2.40. The number of nitrogens with one attached hydrogen (secondary N) is 1. The van der Waals surface area contributed by atoms with E-state index in [2.05, 4.69) is 37.2 Å². The molecule has 0 spiro atoms. The van der Waals surface area contributed by atoms with Crippen molar-refractivity contribution in [2.45, 2.75) is 39.3 Å². The van der Waals surface area contributed by atoms with Gasteiger partial charge in [0, 0.05) is 24.0 Å². The lowest BCUT2D eigenvalue weighted by Gasteiger charge is -2.27. The first kappa shape index (κ1) is 15.0. The van der Waals surface area contributed by atoms with Crippen molar-refractivity contribution in [2.75, 3.05) is 20.1 Å². The van der Waals surface area contributed by atoms with Gasteiger partial charge in [-0.25, -0.2) is 0 Å². The Morgan fingerprint density at radius 1 is 1.41 bits per heavy atom. The number of thiophene rings is 1. The topological polar surface area (TPSA) is 15.3 Å². The first-order valence-corrected chi connectivity index (χ1v) is 7.52. The highest BCUT2D eigenvalue weighted by molar-refractivity contribution is 7.16. The smallest absolute Gasteiger partial charge is 0.0931 e. The zero-order chi connectivity index (χ0) is 12.7. The van der Waals surface area contributed by atoms with Gasteiger partial charge in [0.15, 0.2) is 0 Å². The number of nitrogens with zero attached hydrogens (tertiary/aromatic N) is 1. The second-order valence-corrected chi connectivity index (χ2v) is 6.19. The Morgan fingerprint density at radius 3 is 2.71 bits per heavy atom. The van der Waals surface area contributed by atoms with Gasteiger partial charge >= 0.3 is 0 Å². The summed E-state index contributed by atoms with van der Waals surface area (Å²) in [4.78, 5) is 3.75. The molecule has 1 rings (SSSR count). The highest BCUT2D eigenvalue weighted by Crippen LogP contribution is 2.23. The summed E-state index contributed by atoms with van der Waals surface area (Å²) in [5.41, 5.74) is 0. The van der Waals surface area contributed by atoms with E-state index in [1.165, 1.54) is 17.7 Å². The maximum atomic E-state index is 5.95. The number of halogens is 1. The zero-order valence-electron chi connectivity index (χ0n) is 11.0. The third-order valence-electron chi connectivity index (χ3n) is 2.94. The van der Waals surface area contributed by atoms with Gasteiger partial charge in [-0.15, -0.1) is 11.3 Å². The maximum absolute atomic E-state index is 5.95. The number of likely N-dealkylation sites (N-methyl/N-ethyl adjacent to an activating group) is 1. The first-order valence-electron chi connectivity index (χ1n) is 6.32. The molecule has 1 N–H and O–H groups in total. The molecule has 0 saturated heterocycles. The molecule has 1 unspecified atom stereocenters. The maximum Gasteiger partial charge on any atom is 0.0931 e. The number of rotatable bonds is 8. The second kappa shape index (κ2) is 8.09. The van der Waals surface area contributed by atoms with Crippen LogP contribution in [-0.4, -0.2) is 31.1 Å². The van der Waals surface area contributed by atoms with Crippen LogP contribution in [0, 0.1) is 0 Å². The monoisotopic (exact) mass is 274 g/mol. The Kier molecular flexibility index (Phi) is 7.12. The summed E-state index contributed by atoms with van der Waals surface area (Å²) in [5.74, 6) is 0. The molecule has 0 fully saturated rings. The molecule has 98 valence electrons. The fourth-order valence-corrected chi connectivity index (χ4v) is 3.02. The van der Waals surface area contributed by atoms with Crippen LogP contribution in [-0.2, 0) is 6.54 Å². The first-order chi connectivity index (χ1) is 8.17. The van der Waals surface area contributed by atoms with Crippen molar-refractivity contribution in [2.24, 2.45) is 0 Å². The van der Waals surface area contributed by atoms with Crippen molar-refractivity contribution in [1.82, 2.24) is 10.2 Å². The second-order valence-electron chi connectivity index (χ2n) is 4.39. The van der Waals surface area contributed by atoms with Crippen LogP contribution >= 0.6 is 22.9 Å². The zero-order valence-corrected chi connectivity index (χ0v) is 12.6. The van der Waals surface area contributed by atoms with Crippen LogP contribution in [0.2, 0.25) is 4.34 Å². The molecule has 1 aromatic rings. The normalized spacial score (nSPS) is 13.2. The van der Waals surface area contributed by atoms with Gasteiger partial charge in [0.2, 0.25) is 0 Å². The van der Waals surface area contributed by atoms with Crippen LogP contribution in [0.5, 0.6) is 0 Å². The van der Waals surface area contributed by atoms with Crippen molar-refractivity contribution in [1.29, 1.82) is 0 Å². The van der Waals surface area contributed by atoms with Gasteiger partial charge in [-0.1, -0.05) is 25.4 Å². The summed E-state index contributed by atoms with van der Waals surface area (Å²) < 4.78 is 0.880. The minimum Gasteiger partial charge on any atom is -0.315 e. The van der Waals surface area contributed by atoms with Crippen LogP contribution in [0.25, 0.3) is 0 Å². The van der Waals surface area contributed by atoms with Crippen LogP contribution in [0.15, 0.2) is 12.1 Å². The molecule has 0 aliphatic heterocycles. The Bertz CT molecular complexity index is 314. The molecule has 0 amide bonds. The van der Waals surface area contributed by atoms with E-state index in [-0.39, 0.29) is 0 Å². The standard InChI is InChI=1S/C13H23ClN2S/c1-4-8-15-9-11(5-2)16(3)10-12-6-7-13(14)17-12/h6-7,11,15H,4-5,8-10H2,1-3H3. The highest BCUT2D eigenvalue weighted by Gasteiger charge is 2.13.